The van der Waals surface area contributed by atoms with Crippen molar-refractivity contribution in [3.8, 4) is 11.3 Å². The topological polar surface area (TPSA) is 33.5 Å². The first-order valence-electron chi connectivity index (χ1n) is 6.66. The van der Waals surface area contributed by atoms with E-state index in [4.69, 9.17) is 12.3 Å². The molecule has 0 aliphatic heterocycles. The molecule has 2 aromatic carbocycles. The van der Waals surface area contributed by atoms with Gasteiger partial charge in [-0.3, -0.25) is 4.79 Å². The molecule has 0 atom stereocenters. The molecule has 0 unspecified atom stereocenters. The van der Waals surface area contributed by atoms with Gasteiger partial charge in [-0.05, 0) is 30.3 Å². The molecule has 0 aliphatic carbocycles. The minimum Gasteiger partial charge on any atom is -0.456 e. The number of benzene rings is 2. The van der Waals surface area contributed by atoms with Crippen molar-refractivity contribution in [3.05, 3.63) is 58.8 Å². The van der Waals surface area contributed by atoms with Crippen LogP contribution in [0.2, 0.25) is 0 Å². The average Bonchev–Trinajstić information content (AvgIpc) is 2.48. The normalized spacial score (nSPS) is 10.8. The van der Waals surface area contributed by atoms with Crippen LogP contribution in [0.25, 0.3) is 22.3 Å². The molecule has 2 radical (unpaired) electrons. The second kappa shape index (κ2) is 5.13. The van der Waals surface area contributed by atoms with Crippen molar-refractivity contribution in [1.29, 1.82) is 0 Å². The van der Waals surface area contributed by atoms with Crippen molar-refractivity contribution in [2.75, 3.05) is 19.0 Å². The summed E-state index contributed by atoms with van der Waals surface area (Å²) in [7, 11) is 9.67. The van der Waals surface area contributed by atoms with E-state index in [9.17, 15) is 4.79 Å². The lowest BCUT2D eigenvalue weighted by Gasteiger charge is -2.12. The largest absolute Gasteiger partial charge is 0.456 e. The van der Waals surface area contributed by atoms with Crippen molar-refractivity contribution < 1.29 is 4.42 Å². The van der Waals surface area contributed by atoms with Crippen LogP contribution in [-0.2, 0) is 0 Å². The van der Waals surface area contributed by atoms with Crippen LogP contribution >= 0.6 is 0 Å². The molecular formula is C17H14BNO2. The first-order valence-corrected chi connectivity index (χ1v) is 6.66. The van der Waals surface area contributed by atoms with Crippen molar-refractivity contribution in [1.82, 2.24) is 0 Å². The van der Waals surface area contributed by atoms with Crippen LogP contribution in [0.3, 0.4) is 0 Å². The van der Waals surface area contributed by atoms with E-state index < -0.39 is 0 Å². The summed E-state index contributed by atoms with van der Waals surface area (Å²) < 4.78 is 5.81. The van der Waals surface area contributed by atoms with Gasteiger partial charge in [0.05, 0.1) is 5.39 Å². The van der Waals surface area contributed by atoms with Crippen molar-refractivity contribution in [3.63, 3.8) is 0 Å². The molecule has 0 fully saturated rings. The van der Waals surface area contributed by atoms with Crippen molar-refractivity contribution in [2.24, 2.45) is 0 Å². The Morgan fingerprint density at radius 3 is 2.38 bits per heavy atom. The maximum atomic E-state index is 12.2. The minimum atomic E-state index is -0.0877. The molecule has 3 aromatic rings. The van der Waals surface area contributed by atoms with Gasteiger partial charge in [0, 0.05) is 31.4 Å². The number of fused-ring (bicyclic) bond motifs is 1. The first-order chi connectivity index (χ1) is 10.0. The molecule has 0 amide bonds. The zero-order valence-corrected chi connectivity index (χ0v) is 12.0. The van der Waals surface area contributed by atoms with Gasteiger partial charge in [-0.15, -0.1) is 0 Å². The van der Waals surface area contributed by atoms with Crippen molar-refractivity contribution >= 4 is 30.0 Å². The molecule has 21 heavy (non-hydrogen) atoms. The Morgan fingerprint density at radius 1 is 1.00 bits per heavy atom. The third-order valence-electron chi connectivity index (χ3n) is 3.42. The van der Waals surface area contributed by atoms with Crippen LogP contribution < -0.4 is 15.8 Å². The van der Waals surface area contributed by atoms with Gasteiger partial charge in [-0.25, -0.2) is 0 Å². The number of rotatable bonds is 2. The summed E-state index contributed by atoms with van der Waals surface area (Å²) in [6.45, 7) is 0. The quantitative estimate of drug-likeness (QED) is 0.673. The summed E-state index contributed by atoms with van der Waals surface area (Å²) in [6.07, 6.45) is 0. The fourth-order valence-corrected chi connectivity index (χ4v) is 2.24. The number of anilines is 1. The maximum absolute atomic E-state index is 12.2. The van der Waals surface area contributed by atoms with Crippen LogP contribution in [0.1, 0.15) is 0 Å². The van der Waals surface area contributed by atoms with Crippen LogP contribution in [0.5, 0.6) is 0 Å². The van der Waals surface area contributed by atoms with Gasteiger partial charge in [-0.2, -0.15) is 0 Å². The molecule has 3 rings (SSSR count). The molecular weight excluding hydrogens is 261 g/mol. The fourth-order valence-electron chi connectivity index (χ4n) is 2.24. The van der Waals surface area contributed by atoms with E-state index in [1.807, 2.05) is 43.3 Å². The Balaban J connectivity index is 2.12. The van der Waals surface area contributed by atoms with E-state index in [0.29, 0.717) is 22.2 Å². The van der Waals surface area contributed by atoms with E-state index >= 15 is 0 Å². The number of hydrogen-bond donors (Lipinski definition) is 0. The third kappa shape index (κ3) is 2.57. The Labute approximate surface area is 124 Å². The minimum absolute atomic E-state index is 0.0877. The second-order valence-electron chi connectivity index (χ2n) is 5.17. The molecule has 0 saturated heterocycles. The molecule has 0 N–H and O–H groups in total. The fraction of sp³-hybridized carbons (Fsp3) is 0.118. The van der Waals surface area contributed by atoms with Gasteiger partial charge in [0.15, 0.2) is 5.43 Å². The zero-order chi connectivity index (χ0) is 15.0. The van der Waals surface area contributed by atoms with Crippen LogP contribution in [0.4, 0.5) is 5.69 Å². The lowest BCUT2D eigenvalue weighted by atomic mass is 9.95. The van der Waals surface area contributed by atoms with Gasteiger partial charge >= 0.3 is 0 Å². The zero-order valence-electron chi connectivity index (χ0n) is 12.0. The Kier molecular flexibility index (Phi) is 3.30. The third-order valence-corrected chi connectivity index (χ3v) is 3.42. The molecule has 0 saturated carbocycles. The SMILES string of the molecule is [B]c1ccc2oc(-c3ccc(N(C)C)cc3)cc(=O)c2c1. The highest BCUT2D eigenvalue weighted by Gasteiger charge is 2.07. The van der Waals surface area contributed by atoms with Crippen LogP contribution in [-0.4, -0.2) is 21.9 Å². The van der Waals surface area contributed by atoms with E-state index in [1.165, 1.54) is 6.07 Å². The van der Waals surface area contributed by atoms with E-state index in [-0.39, 0.29) is 5.43 Å². The van der Waals surface area contributed by atoms with Crippen molar-refractivity contribution in [2.45, 2.75) is 0 Å². The second-order valence-corrected chi connectivity index (χ2v) is 5.17. The summed E-state index contributed by atoms with van der Waals surface area (Å²) in [5.74, 6) is 0.558. The highest BCUT2D eigenvalue weighted by atomic mass is 16.3. The number of hydrogen-bond acceptors (Lipinski definition) is 3. The standard InChI is InChI=1S/C17H14BNO2/c1-19(2)13-6-3-11(4-7-13)17-10-15(20)14-9-12(18)5-8-16(14)21-17/h3-10H,1-2H3. The highest BCUT2D eigenvalue weighted by Crippen LogP contribution is 2.23. The molecule has 102 valence electrons. The predicted octanol–water partition coefficient (Wildman–Crippen LogP) is 2.32. The monoisotopic (exact) mass is 275 g/mol. The summed E-state index contributed by atoms with van der Waals surface area (Å²) in [4.78, 5) is 14.2. The van der Waals surface area contributed by atoms with Gasteiger partial charge in [0.2, 0.25) is 0 Å². The van der Waals surface area contributed by atoms with E-state index in [0.717, 1.165) is 11.3 Å². The summed E-state index contributed by atoms with van der Waals surface area (Å²) >= 11 is 0. The summed E-state index contributed by atoms with van der Waals surface area (Å²) in [5, 5.41) is 0.503. The average molecular weight is 275 g/mol. The molecule has 1 heterocycles. The van der Waals surface area contributed by atoms with E-state index in [2.05, 4.69) is 0 Å². The smallest absolute Gasteiger partial charge is 0.193 e. The van der Waals surface area contributed by atoms with Gasteiger partial charge in [0.1, 0.15) is 19.2 Å². The summed E-state index contributed by atoms with van der Waals surface area (Å²) in [5.41, 5.74) is 2.97. The Hall–Kier alpha value is -2.49. The molecule has 4 heteroatoms. The number of nitrogens with zero attached hydrogens (tertiary/aromatic N) is 1. The van der Waals surface area contributed by atoms with Gasteiger partial charge in [0.25, 0.3) is 0 Å². The highest BCUT2D eigenvalue weighted by molar-refractivity contribution is 6.33. The maximum Gasteiger partial charge on any atom is 0.193 e. The van der Waals surface area contributed by atoms with Crippen LogP contribution in [0.15, 0.2) is 57.7 Å². The lowest BCUT2D eigenvalue weighted by molar-refractivity contribution is 0.619. The summed E-state index contributed by atoms with van der Waals surface area (Å²) in [6, 6.07) is 14.5. The van der Waals surface area contributed by atoms with Gasteiger partial charge in [-0.1, -0.05) is 17.6 Å². The van der Waals surface area contributed by atoms with Gasteiger partial charge < -0.3 is 9.32 Å². The molecule has 3 nitrogen and oxygen atoms in total. The molecule has 0 aliphatic rings. The lowest BCUT2D eigenvalue weighted by Crippen LogP contribution is -2.08. The molecule has 0 spiro atoms. The Bertz CT molecular complexity index is 851. The first kappa shape index (κ1) is 13.5. The Morgan fingerprint density at radius 2 is 1.71 bits per heavy atom. The van der Waals surface area contributed by atoms with Crippen LogP contribution in [0, 0.1) is 0 Å². The molecule has 0 bridgehead atoms. The molecule has 1 aromatic heterocycles. The predicted molar refractivity (Wildman–Crippen MR) is 87.6 cm³/mol. The van der Waals surface area contributed by atoms with E-state index in [1.54, 1.807) is 18.2 Å².